The van der Waals surface area contributed by atoms with Gasteiger partial charge in [-0.2, -0.15) is 0 Å². The highest BCUT2D eigenvalue weighted by molar-refractivity contribution is 5.73. The Balaban J connectivity index is 2.52. The van der Waals surface area contributed by atoms with Gasteiger partial charge in [0.05, 0.1) is 6.61 Å². The molecule has 0 aliphatic carbocycles. The molecule has 68 valence electrons. The fraction of sp³-hybridized carbons (Fsp3) is 0.333. The Morgan fingerprint density at radius 2 is 2.00 bits per heavy atom. The maximum atomic E-state index is 5.65. The molecule has 1 heteroatoms. The Hall–Kier alpha value is -1.24. The van der Waals surface area contributed by atoms with Crippen LogP contribution in [0.1, 0.15) is 19.4 Å². The van der Waals surface area contributed by atoms with Crippen LogP contribution < -0.4 is 4.74 Å². The average molecular weight is 174 g/mol. The zero-order valence-electron chi connectivity index (χ0n) is 8.13. The summed E-state index contributed by atoms with van der Waals surface area (Å²) in [6.45, 7) is 9.17. The van der Waals surface area contributed by atoms with Gasteiger partial charge in [-0.25, -0.2) is 0 Å². The minimum absolute atomic E-state index is 0.0638. The molecule has 0 amide bonds. The SMILES string of the molecule is C=C1c2ccccc2OCC1(C)C. The highest BCUT2D eigenvalue weighted by atomic mass is 16.5. The fourth-order valence-corrected chi connectivity index (χ4v) is 1.55. The monoisotopic (exact) mass is 174 g/mol. The van der Waals surface area contributed by atoms with Gasteiger partial charge in [-0.15, -0.1) is 0 Å². The number of fused-ring (bicyclic) bond motifs is 1. The molecule has 1 nitrogen and oxygen atoms in total. The van der Waals surface area contributed by atoms with Crippen LogP contribution >= 0.6 is 0 Å². The van der Waals surface area contributed by atoms with Gasteiger partial charge in [-0.05, 0) is 11.6 Å². The first-order chi connectivity index (χ1) is 6.11. The van der Waals surface area contributed by atoms with Crippen molar-refractivity contribution >= 4 is 5.57 Å². The second kappa shape index (κ2) is 2.63. The van der Waals surface area contributed by atoms with E-state index >= 15 is 0 Å². The predicted octanol–water partition coefficient (Wildman–Crippen LogP) is 3.12. The average Bonchev–Trinajstić information content (AvgIpc) is 2.13. The van der Waals surface area contributed by atoms with E-state index < -0.39 is 0 Å². The summed E-state index contributed by atoms with van der Waals surface area (Å²) >= 11 is 0. The van der Waals surface area contributed by atoms with Gasteiger partial charge in [0, 0.05) is 11.0 Å². The standard InChI is InChI=1S/C12H14O/c1-9-10-6-4-5-7-11(10)13-8-12(9,2)3/h4-7H,1,8H2,2-3H3. The number of rotatable bonds is 0. The van der Waals surface area contributed by atoms with Crippen molar-refractivity contribution < 1.29 is 4.74 Å². The lowest BCUT2D eigenvalue weighted by molar-refractivity contribution is 0.215. The van der Waals surface area contributed by atoms with Crippen molar-refractivity contribution in [1.29, 1.82) is 0 Å². The summed E-state index contributed by atoms with van der Waals surface area (Å²) in [5.74, 6) is 0.965. The summed E-state index contributed by atoms with van der Waals surface area (Å²) in [5, 5.41) is 0. The first kappa shape index (κ1) is 8.36. The lowest BCUT2D eigenvalue weighted by Crippen LogP contribution is -2.27. The van der Waals surface area contributed by atoms with Crippen molar-refractivity contribution in [1.82, 2.24) is 0 Å². The van der Waals surface area contributed by atoms with Crippen molar-refractivity contribution in [3.63, 3.8) is 0 Å². The summed E-state index contributed by atoms with van der Waals surface area (Å²) in [4.78, 5) is 0. The van der Waals surface area contributed by atoms with Gasteiger partial charge in [-0.1, -0.05) is 38.6 Å². The Morgan fingerprint density at radius 3 is 2.77 bits per heavy atom. The molecular formula is C12H14O. The van der Waals surface area contributed by atoms with Crippen LogP contribution in [0.2, 0.25) is 0 Å². The highest BCUT2D eigenvalue weighted by Crippen LogP contribution is 2.41. The first-order valence-corrected chi connectivity index (χ1v) is 4.53. The molecule has 0 fully saturated rings. The van der Waals surface area contributed by atoms with E-state index in [0.29, 0.717) is 0 Å². The smallest absolute Gasteiger partial charge is 0.126 e. The lowest BCUT2D eigenvalue weighted by Gasteiger charge is -2.33. The van der Waals surface area contributed by atoms with E-state index in [1.54, 1.807) is 0 Å². The van der Waals surface area contributed by atoms with E-state index in [-0.39, 0.29) is 5.41 Å². The fourth-order valence-electron chi connectivity index (χ4n) is 1.55. The third kappa shape index (κ3) is 1.24. The van der Waals surface area contributed by atoms with E-state index in [1.165, 1.54) is 5.57 Å². The van der Waals surface area contributed by atoms with Crippen LogP contribution in [0.25, 0.3) is 5.57 Å². The van der Waals surface area contributed by atoms with Crippen molar-refractivity contribution in [2.24, 2.45) is 5.41 Å². The molecular weight excluding hydrogens is 160 g/mol. The topological polar surface area (TPSA) is 9.23 Å². The zero-order chi connectivity index (χ0) is 9.47. The van der Waals surface area contributed by atoms with E-state index in [4.69, 9.17) is 4.74 Å². The Labute approximate surface area is 79.0 Å². The normalized spacial score (nSPS) is 19.1. The second-order valence-electron chi connectivity index (χ2n) is 4.15. The van der Waals surface area contributed by atoms with Crippen molar-refractivity contribution in [2.75, 3.05) is 6.61 Å². The molecule has 13 heavy (non-hydrogen) atoms. The van der Waals surface area contributed by atoms with Crippen LogP contribution in [-0.2, 0) is 0 Å². The summed E-state index contributed by atoms with van der Waals surface area (Å²) in [7, 11) is 0. The molecule has 0 spiro atoms. The number of ether oxygens (including phenoxy) is 1. The second-order valence-corrected chi connectivity index (χ2v) is 4.15. The van der Waals surface area contributed by atoms with Crippen LogP contribution in [-0.4, -0.2) is 6.61 Å². The highest BCUT2D eigenvalue weighted by Gasteiger charge is 2.29. The van der Waals surface area contributed by atoms with E-state index in [9.17, 15) is 0 Å². The molecule has 0 unspecified atom stereocenters. The molecule has 0 atom stereocenters. The summed E-state index contributed by atoms with van der Waals surface area (Å²) in [6, 6.07) is 8.08. The van der Waals surface area contributed by atoms with E-state index in [0.717, 1.165) is 17.9 Å². The summed E-state index contributed by atoms with van der Waals surface area (Å²) in [6.07, 6.45) is 0. The molecule has 1 aromatic carbocycles. The van der Waals surface area contributed by atoms with Crippen LogP contribution in [0, 0.1) is 5.41 Å². The number of hydrogen-bond acceptors (Lipinski definition) is 1. The number of hydrogen-bond donors (Lipinski definition) is 0. The van der Waals surface area contributed by atoms with Crippen molar-refractivity contribution in [3.8, 4) is 5.75 Å². The third-order valence-electron chi connectivity index (χ3n) is 2.62. The van der Waals surface area contributed by atoms with Gasteiger partial charge in [0.2, 0.25) is 0 Å². The molecule has 0 radical (unpaired) electrons. The molecule has 0 aromatic heterocycles. The molecule has 2 rings (SSSR count). The molecule has 1 heterocycles. The molecule has 1 aromatic rings. The van der Waals surface area contributed by atoms with Crippen LogP contribution in [0.3, 0.4) is 0 Å². The predicted molar refractivity (Wildman–Crippen MR) is 54.8 cm³/mol. The minimum atomic E-state index is 0.0638. The summed E-state index contributed by atoms with van der Waals surface area (Å²) < 4.78 is 5.65. The van der Waals surface area contributed by atoms with Gasteiger partial charge in [-0.3, -0.25) is 0 Å². The summed E-state index contributed by atoms with van der Waals surface area (Å²) in [5.41, 5.74) is 2.39. The Bertz CT molecular complexity index is 350. The largest absolute Gasteiger partial charge is 0.492 e. The molecule has 0 saturated heterocycles. The molecule has 0 saturated carbocycles. The minimum Gasteiger partial charge on any atom is -0.492 e. The quantitative estimate of drug-likeness (QED) is 0.587. The van der Waals surface area contributed by atoms with Gasteiger partial charge in [0.15, 0.2) is 0 Å². The number of benzene rings is 1. The van der Waals surface area contributed by atoms with Crippen LogP contribution in [0.15, 0.2) is 30.8 Å². The molecule has 0 bridgehead atoms. The van der Waals surface area contributed by atoms with E-state index in [2.05, 4.69) is 26.5 Å². The zero-order valence-corrected chi connectivity index (χ0v) is 8.13. The van der Waals surface area contributed by atoms with Crippen molar-refractivity contribution in [2.45, 2.75) is 13.8 Å². The molecule has 1 aliphatic heterocycles. The van der Waals surface area contributed by atoms with Gasteiger partial charge in [0.25, 0.3) is 0 Å². The van der Waals surface area contributed by atoms with Crippen LogP contribution in [0.5, 0.6) is 5.75 Å². The number of para-hydroxylation sites is 1. The Morgan fingerprint density at radius 1 is 1.31 bits per heavy atom. The van der Waals surface area contributed by atoms with Gasteiger partial charge in [0.1, 0.15) is 5.75 Å². The first-order valence-electron chi connectivity index (χ1n) is 4.53. The third-order valence-corrected chi connectivity index (χ3v) is 2.62. The molecule has 0 N–H and O–H groups in total. The maximum Gasteiger partial charge on any atom is 0.126 e. The van der Waals surface area contributed by atoms with E-state index in [1.807, 2.05) is 18.2 Å². The lowest BCUT2D eigenvalue weighted by atomic mass is 9.80. The maximum absolute atomic E-state index is 5.65. The van der Waals surface area contributed by atoms with Gasteiger partial charge < -0.3 is 4.74 Å². The Kier molecular flexibility index (Phi) is 1.69. The molecule has 1 aliphatic rings. The van der Waals surface area contributed by atoms with Crippen molar-refractivity contribution in [3.05, 3.63) is 36.4 Å². The van der Waals surface area contributed by atoms with Crippen LogP contribution in [0.4, 0.5) is 0 Å². The van der Waals surface area contributed by atoms with Gasteiger partial charge >= 0.3 is 0 Å².